The Kier molecular flexibility index (Phi) is 3.55. The summed E-state index contributed by atoms with van der Waals surface area (Å²) in [6.45, 7) is 1.10. The lowest BCUT2D eigenvalue weighted by Gasteiger charge is -2.13. The fourth-order valence-electron chi connectivity index (χ4n) is 1.39. The number of ether oxygens (including phenoxy) is 1. The number of aldehydes is 1. The third-order valence-corrected chi connectivity index (χ3v) is 2.16. The van der Waals surface area contributed by atoms with E-state index in [0.29, 0.717) is 12.1 Å². The average Bonchev–Trinajstić information content (AvgIpc) is 2.25. The highest BCUT2D eigenvalue weighted by atomic mass is 19.4. The molecule has 0 N–H and O–H groups in total. The molecule has 0 spiro atoms. The number of alkyl halides is 3. The third kappa shape index (κ3) is 2.64. The van der Waals surface area contributed by atoms with E-state index in [0.717, 1.165) is 6.92 Å². The van der Waals surface area contributed by atoms with Crippen molar-refractivity contribution in [2.45, 2.75) is 13.1 Å². The highest BCUT2D eigenvalue weighted by Crippen LogP contribution is 2.34. The van der Waals surface area contributed by atoms with Gasteiger partial charge in [-0.1, -0.05) is 0 Å². The van der Waals surface area contributed by atoms with Crippen molar-refractivity contribution in [2.75, 3.05) is 7.11 Å². The lowest BCUT2D eigenvalue weighted by molar-refractivity contribution is -0.137. The largest absolute Gasteiger partial charge is 0.495 e. The molecule has 0 aromatic heterocycles. The Balaban J connectivity index is 3.57. The highest BCUT2D eigenvalue weighted by molar-refractivity contribution is 6.00. The standard InChI is InChI=1S/C11H9F3O3/c1-6(16)9-4-8(11(12,13)14)3-7(5-15)10(9)17-2/h3-5H,1-2H3. The Morgan fingerprint density at radius 1 is 1.35 bits per heavy atom. The molecule has 0 saturated heterocycles. The molecule has 1 aromatic rings. The van der Waals surface area contributed by atoms with Gasteiger partial charge in [0, 0.05) is 0 Å². The van der Waals surface area contributed by atoms with E-state index in [4.69, 9.17) is 4.74 Å². The van der Waals surface area contributed by atoms with Crippen LogP contribution in [-0.4, -0.2) is 19.2 Å². The maximum absolute atomic E-state index is 12.5. The molecule has 6 heteroatoms. The molecule has 0 aliphatic carbocycles. The summed E-state index contributed by atoms with van der Waals surface area (Å²) in [5, 5.41) is 0. The number of rotatable bonds is 3. The number of hydrogen-bond acceptors (Lipinski definition) is 3. The fourth-order valence-corrected chi connectivity index (χ4v) is 1.39. The maximum Gasteiger partial charge on any atom is 0.416 e. The molecule has 0 bridgehead atoms. The molecule has 0 heterocycles. The van der Waals surface area contributed by atoms with Crippen LogP contribution in [0.2, 0.25) is 0 Å². The van der Waals surface area contributed by atoms with Crippen molar-refractivity contribution in [3.63, 3.8) is 0 Å². The molecule has 3 nitrogen and oxygen atoms in total. The maximum atomic E-state index is 12.5. The molecule has 0 aliphatic rings. The zero-order chi connectivity index (χ0) is 13.2. The first-order valence-electron chi connectivity index (χ1n) is 4.56. The normalized spacial score (nSPS) is 11.1. The van der Waals surface area contributed by atoms with Gasteiger partial charge >= 0.3 is 6.18 Å². The molecule has 0 unspecified atom stereocenters. The predicted molar refractivity (Wildman–Crippen MR) is 53.4 cm³/mol. The van der Waals surface area contributed by atoms with Gasteiger partial charge in [0.2, 0.25) is 0 Å². The number of carbonyl (C=O) groups is 2. The minimum absolute atomic E-state index is 0.138. The Morgan fingerprint density at radius 3 is 2.29 bits per heavy atom. The van der Waals surface area contributed by atoms with Gasteiger partial charge in [0.05, 0.1) is 23.8 Å². The summed E-state index contributed by atoms with van der Waals surface area (Å²) in [7, 11) is 1.18. The molecule has 0 fully saturated rings. The zero-order valence-corrected chi connectivity index (χ0v) is 9.09. The Labute approximate surface area is 95.2 Å². The van der Waals surface area contributed by atoms with Crippen LogP contribution in [0.3, 0.4) is 0 Å². The van der Waals surface area contributed by atoms with E-state index in [-0.39, 0.29) is 23.2 Å². The van der Waals surface area contributed by atoms with Crippen LogP contribution in [0.15, 0.2) is 12.1 Å². The van der Waals surface area contributed by atoms with E-state index in [9.17, 15) is 22.8 Å². The first-order chi connectivity index (χ1) is 7.81. The van der Waals surface area contributed by atoms with Crippen LogP contribution in [0.1, 0.15) is 33.2 Å². The molecule has 17 heavy (non-hydrogen) atoms. The second kappa shape index (κ2) is 4.57. The summed E-state index contributed by atoms with van der Waals surface area (Å²) in [4.78, 5) is 21.9. The number of hydrogen-bond donors (Lipinski definition) is 0. The van der Waals surface area contributed by atoms with Crippen LogP contribution < -0.4 is 4.74 Å². The van der Waals surface area contributed by atoms with Gasteiger partial charge in [-0.2, -0.15) is 13.2 Å². The third-order valence-electron chi connectivity index (χ3n) is 2.16. The highest BCUT2D eigenvalue weighted by Gasteiger charge is 2.33. The molecule has 1 rings (SSSR count). The van der Waals surface area contributed by atoms with E-state index < -0.39 is 17.5 Å². The van der Waals surface area contributed by atoms with Gasteiger partial charge in [-0.05, 0) is 19.1 Å². The average molecular weight is 246 g/mol. The lowest BCUT2D eigenvalue weighted by atomic mass is 10.0. The first kappa shape index (κ1) is 13.2. The molecule has 1 aromatic carbocycles. The van der Waals surface area contributed by atoms with Crippen LogP contribution >= 0.6 is 0 Å². The summed E-state index contributed by atoms with van der Waals surface area (Å²) < 4.78 is 42.3. The molecule has 92 valence electrons. The number of ketones is 1. The van der Waals surface area contributed by atoms with E-state index in [1.807, 2.05) is 0 Å². The van der Waals surface area contributed by atoms with Crippen molar-refractivity contribution in [1.29, 1.82) is 0 Å². The molecular formula is C11H9F3O3. The van der Waals surface area contributed by atoms with E-state index >= 15 is 0 Å². The Bertz CT molecular complexity index is 464. The zero-order valence-electron chi connectivity index (χ0n) is 9.09. The van der Waals surface area contributed by atoms with Gasteiger partial charge in [-0.25, -0.2) is 0 Å². The summed E-state index contributed by atoms with van der Waals surface area (Å²) in [5.74, 6) is -0.739. The van der Waals surface area contributed by atoms with E-state index in [1.165, 1.54) is 7.11 Å². The first-order valence-corrected chi connectivity index (χ1v) is 4.56. The fraction of sp³-hybridized carbons (Fsp3) is 0.273. The number of carbonyl (C=O) groups excluding carboxylic acids is 2. The minimum Gasteiger partial charge on any atom is -0.495 e. The molecule has 0 radical (unpaired) electrons. The monoisotopic (exact) mass is 246 g/mol. The van der Waals surface area contributed by atoms with Gasteiger partial charge in [-0.3, -0.25) is 9.59 Å². The minimum atomic E-state index is -4.62. The Hall–Kier alpha value is -1.85. The van der Waals surface area contributed by atoms with Crippen molar-refractivity contribution < 1.29 is 27.5 Å². The van der Waals surface area contributed by atoms with Crippen molar-refractivity contribution in [2.24, 2.45) is 0 Å². The van der Waals surface area contributed by atoms with E-state index in [1.54, 1.807) is 0 Å². The van der Waals surface area contributed by atoms with Crippen molar-refractivity contribution in [3.8, 4) is 5.75 Å². The number of Topliss-reactive ketones (excluding diaryl/α,β-unsaturated/α-hetero) is 1. The van der Waals surface area contributed by atoms with Gasteiger partial charge in [-0.15, -0.1) is 0 Å². The molecule has 0 saturated carbocycles. The number of methoxy groups -OCH3 is 1. The summed E-state index contributed by atoms with van der Waals surface area (Å²) in [6, 6.07) is 1.33. The van der Waals surface area contributed by atoms with Gasteiger partial charge in [0.1, 0.15) is 5.75 Å². The molecule has 0 atom stereocenters. The van der Waals surface area contributed by atoms with Gasteiger partial charge in [0.15, 0.2) is 12.1 Å². The second-order valence-corrected chi connectivity index (χ2v) is 3.32. The molecule has 0 amide bonds. The van der Waals surface area contributed by atoms with Crippen molar-refractivity contribution in [1.82, 2.24) is 0 Å². The molecule has 0 aliphatic heterocycles. The lowest BCUT2D eigenvalue weighted by Crippen LogP contribution is -2.10. The molecular weight excluding hydrogens is 237 g/mol. The van der Waals surface area contributed by atoms with Crippen LogP contribution in [-0.2, 0) is 6.18 Å². The van der Waals surface area contributed by atoms with Gasteiger partial charge < -0.3 is 4.74 Å². The van der Waals surface area contributed by atoms with Crippen LogP contribution in [0, 0.1) is 0 Å². The predicted octanol–water partition coefficient (Wildman–Crippen LogP) is 2.73. The van der Waals surface area contributed by atoms with Crippen molar-refractivity contribution >= 4 is 12.1 Å². The number of benzene rings is 1. The van der Waals surface area contributed by atoms with Crippen LogP contribution in [0.4, 0.5) is 13.2 Å². The SMILES string of the molecule is COc1c(C=O)cc(C(F)(F)F)cc1C(C)=O. The Morgan fingerprint density at radius 2 is 1.94 bits per heavy atom. The number of halogens is 3. The summed E-state index contributed by atoms with van der Waals surface area (Å²) >= 11 is 0. The second-order valence-electron chi connectivity index (χ2n) is 3.32. The smallest absolute Gasteiger partial charge is 0.416 e. The van der Waals surface area contributed by atoms with Crippen LogP contribution in [0.5, 0.6) is 5.75 Å². The van der Waals surface area contributed by atoms with E-state index in [2.05, 4.69) is 0 Å². The van der Waals surface area contributed by atoms with Crippen LogP contribution in [0.25, 0.3) is 0 Å². The van der Waals surface area contributed by atoms with Gasteiger partial charge in [0.25, 0.3) is 0 Å². The summed E-state index contributed by atoms with van der Waals surface area (Å²) in [6.07, 6.45) is -4.39. The quantitative estimate of drug-likeness (QED) is 0.608. The van der Waals surface area contributed by atoms with Crippen molar-refractivity contribution in [3.05, 3.63) is 28.8 Å². The summed E-state index contributed by atoms with van der Waals surface area (Å²) in [5.41, 5.74) is -1.61. The topological polar surface area (TPSA) is 43.4 Å².